The normalized spacial score (nSPS) is 11.8. The van der Waals surface area contributed by atoms with Gasteiger partial charge in [0.25, 0.3) is 5.91 Å². The largest absolute Gasteiger partial charge is 0.467 e. The number of hydrogen-bond acceptors (Lipinski definition) is 4. The summed E-state index contributed by atoms with van der Waals surface area (Å²) in [5.41, 5.74) is 0.218. The van der Waals surface area contributed by atoms with Gasteiger partial charge in [-0.25, -0.2) is 9.78 Å². The van der Waals surface area contributed by atoms with E-state index in [1.807, 2.05) is 0 Å². The SMILES string of the molecule is COC(=O)C(C)NC(=O)c1cnc(Cl)c(Cl)c1. The van der Waals surface area contributed by atoms with Gasteiger partial charge in [0.2, 0.25) is 0 Å². The number of nitrogens with zero attached hydrogens (tertiary/aromatic N) is 1. The van der Waals surface area contributed by atoms with Crippen LogP contribution in [0.5, 0.6) is 0 Å². The van der Waals surface area contributed by atoms with E-state index in [0.29, 0.717) is 0 Å². The van der Waals surface area contributed by atoms with E-state index in [9.17, 15) is 9.59 Å². The van der Waals surface area contributed by atoms with Crippen molar-refractivity contribution in [3.05, 3.63) is 28.0 Å². The van der Waals surface area contributed by atoms with E-state index in [4.69, 9.17) is 23.2 Å². The van der Waals surface area contributed by atoms with E-state index in [1.54, 1.807) is 0 Å². The number of esters is 1. The molecule has 1 unspecified atom stereocenters. The number of halogens is 2. The van der Waals surface area contributed by atoms with E-state index in [0.717, 1.165) is 0 Å². The molecule has 92 valence electrons. The van der Waals surface area contributed by atoms with Gasteiger partial charge in [-0.15, -0.1) is 0 Å². The van der Waals surface area contributed by atoms with Crippen molar-refractivity contribution in [3.8, 4) is 0 Å². The zero-order chi connectivity index (χ0) is 13.0. The van der Waals surface area contributed by atoms with Crippen LogP contribution < -0.4 is 5.32 Å². The molecule has 1 aromatic heterocycles. The summed E-state index contributed by atoms with van der Waals surface area (Å²) in [5.74, 6) is -1.01. The van der Waals surface area contributed by atoms with Crippen LogP contribution in [-0.2, 0) is 9.53 Å². The Morgan fingerprint density at radius 1 is 1.47 bits per heavy atom. The number of carbonyl (C=O) groups excluding carboxylic acids is 2. The number of rotatable bonds is 3. The van der Waals surface area contributed by atoms with Gasteiger partial charge in [-0.05, 0) is 13.0 Å². The molecule has 0 aliphatic carbocycles. The molecule has 0 spiro atoms. The molecule has 1 amide bonds. The van der Waals surface area contributed by atoms with Crippen molar-refractivity contribution in [1.82, 2.24) is 10.3 Å². The highest BCUT2D eigenvalue weighted by atomic mass is 35.5. The summed E-state index contributed by atoms with van der Waals surface area (Å²) in [5, 5.41) is 2.72. The molecule has 7 heteroatoms. The number of ether oxygens (including phenoxy) is 1. The molecule has 0 aromatic carbocycles. The number of pyridine rings is 1. The van der Waals surface area contributed by atoms with E-state index in [-0.39, 0.29) is 15.7 Å². The Labute approximate surface area is 108 Å². The first-order valence-corrected chi connectivity index (χ1v) is 5.41. The van der Waals surface area contributed by atoms with Crippen LogP contribution in [0.15, 0.2) is 12.3 Å². The topological polar surface area (TPSA) is 68.3 Å². The first-order chi connectivity index (χ1) is 7.95. The first kappa shape index (κ1) is 13.7. The Morgan fingerprint density at radius 2 is 2.12 bits per heavy atom. The molecule has 0 aliphatic heterocycles. The summed E-state index contributed by atoms with van der Waals surface area (Å²) in [6.07, 6.45) is 1.27. The van der Waals surface area contributed by atoms with Gasteiger partial charge in [-0.1, -0.05) is 23.2 Å². The standard InChI is InChI=1S/C10H10Cl2N2O3/c1-5(10(16)17-2)14-9(15)6-3-7(11)8(12)13-4-6/h3-5H,1-2H3,(H,14,15). The van der Waals surface area contributed by atoms with E-state index in [2.05, 4.69) is 15.0 Å². The minimum atomic E-state index is -0.748. The Balaban J connectivity index is 2.76. The fourth-order valence-corrected chi connectivity index (χ4v) is 1.33. The Kier molecular flexibility index (Phi) is 4.72. The highest BCUT2D eigenvalue weighted by molar-refractivity contribution is 6.41. The average Bonchev–Trinajstić information content (AvgIpc) is 2.31. The smallest absolute Gasteiger partial charge is 0.328 e. The van der Waals surface area contributed by atoms with E-state index in [1.165, 1.54) is 26.3 Å². The second-order valence-electron chi connectivity index (χ2n) is 3.21. The zero-order valence-electron chi connectivity index (χ0n) is 9.16. The van der Waals surface area contributed by atoms with Gasteiger partial charge in [0.05, 0.1) is 17.7 Å². The molecule has 1 rings (SSSR count). The molecule has 0 saturated carbocycles. The third-order valence-electron chi connectivity index (χ3n) is 1.96. The third kappa shape index (κ3) is 3.57. The Bertz CT molecular complexity index is 451. The van der Waals surface area contributed by atoms with Crippen molar-refractivity contribution < 1.29 is 14.3 Å². The second kappa shape index (κ2) is 5.84. The monoisotopic (exact) mass is 276 g/mol. The molecule has 17 heavy (non-hydrogen) atoms. The molecule has 1 heterocycles. The van der Waals surface area contributed by atoms with Crippen molar-refractivity contribution in [2.75, 3.05) is 7.11 Å². The number of aromatic nitrogens is 1. The van der Waals surface area contributed by atoms with E-state index >= 15 is 0 Å². The summed E-state index contributed by atoms with van der Waals surface area (Å²) in [6.45, 7) is 1.51. The predicted molar refractivity (Wildman–Crippen MR) is 63.2 cm³/mol. The maximum atomic E-state index is 11.7. The van der Waals surface area contributed by atoms with Crippen LogP contribution in [0, 0.1) is 0 Å². The van der Waals surface area contributed by atoms with Crippen LogP contribution >= 0.6 is 23.2 Å². The number of amides is 1. The van der Waals surface area contributed by atoms with Crippen molar-refractivity contribution in [3.63, 3.8) is 0 Å². The summed E-state index contributed by atoms with van der Waals surface area (Å²) < 4.78 is 4.48. The minimum absolute atomic E-state index is 0.115. The third-order valence-corrected chi connectivity index (χ3v) is 2.65. The summed E-state index contributed by atoms with van der Waals surface area (Å²) in [6, 6.07) is 0.623. The number of hydrogen-bond donors (Lipinski definition) is 1. The molecular formula is C10H10Cl2N2O3. The Morgan fingerprint density at radius 3 is 2.65 bits per heavy atom. The lowest BCUT2D eigenvalue weighted by molar-refractivity contribution is -0.142. The number of nitrogens with one attached hydrogen (secondary N) is 1. The zero-order valence-corrected chi connectivity index (χ0v) is 10.7. The molecule has 0 saturated heterocycles. The van der Waals surface area contributed by atoms with Crippen LogP contribution in [0.1, 0.15) is 17.3 Å². The lowest BCUT2D eigenvalue weighted by Crippen LogP contribution is -2.39. The molecular weight excluding hydrogens is 267 g/mol. The highest BCUT2D eigenvalue weighted by Gasteiger charge is 2.17. The first-order valence-electron chi connectivity index (χ1n) is 4.65. The van der Waals surface area contributed by atoms with Crippen molar-refractivity contribution in [2.24, 2.45) is 0 Å². The van der Waals surface area contributed by atoms with Crippen LogP contribution in [0.3, 0.4) is 0 Å². The van der Waals surface area contributed by atoms with Gasteiger partial charge in [-0.3, -0.25) is 4.79 Å². The van der Waals surface area contributed by atoms with Gasteiger partial charge >= 0.3 is 5.97 Å². The van der Waals surface area contributed by atoms with Gasteiger partial charge < -0.3 is 10.1 Å². The van der Waals surface area contributed by atoms with Crippen LogP contribution in [0.25, 0.3) is 0 Å². The van der Waals surface area contributed by atoms with Gasteiger partial charge in [-0.2, -0.15) is 0 Å². The molecule has 0 bridgehead atoms. The highest BCUT2D eigenvalue weighted by Crippen LogP contribution is 2.19. The molecule has 1 N–H and O–H groups in total. The maximum absolute atomic E-state index is 11.7. The van der Waals surface area contributed by atoms with Gasteiger partial charge in [0, 0.05) is 6.20 Å². The minimum Gasteiger partial charge on any atom is -0.467 e. The van der Waals surface area contributed by atoms with Crippen LogP contribution in [-0.4, -0.2) is 30.0 Å². The molecule has 0 fully saturated rings. The molecule has 1 atom stereocenters. The fourth-order valence-electron chi connectivity index (χ4n) is 1.06. The lowest BCUT2D eigenvalue weighted by Gasteiger charge is -2.11. The molecule has 1 aromatic rings. The predicted octanol–water partition coefficient (Wildman–Crippen LogP) is 1.68. The summed E-state index contributed by atoms with van der Waals surface area (Å²) in [7, 11) is 1.24. The number of methoxy groups -OCH3 is 1. The second-order valence-corrected chi connectivity index (χ2v) is 3.98. The fraction of sp³-hybridized carbons (Fsp3) is 0.300. The van der Waals surface area contributed by atoms with Gasteiger partial charge in [0.15, 0.2) is 0 Å². The van der Waals surface area contributed by atoms with E-state index < -0.39 is 17.9 Å². The number of carbonyl (C=O) groups is 2. The van der Waals surface area contributed by atoms with Crippen molar-refractivity contribution in [1.29, 1.82) is 0 Å². The quantitative estimate of drug-likeness (QED) is 0.674. The summed E-state index contributed by atoms with van der Waals surface area (Å²) >= 11 is 11.3. The van der Waals surface area contributed by atoms with Gasteiger partial charge in [0.1, 0.15) is 11.2 Å². The van der Waals surface area contributed by atoms with Crippen LogP contribution in [0.4, 0.5) is 0 Å². The molecule has 0 aliphatic rings. The van der Waals surface area contributed by atoms with Crippen molar-refractivity contribution in [2.45, 2.75) is 13.0 Å². The molecule has 5 nitrogen and oxygen atoms in total. The lowest BCUT2D eigenvalue weighted by atomic mass is 10.2. The van der Waals surface area contributed by atoms with Crippen LogP contribution in [0.2, 0.25) is 10.2 Å². The Hall–Kier alpha value is -1.33. The maximum Gasteiger partial charge on any atom is 0.328 e. The average molecular weight is 277 g/mol. The molecule has 0 radical (unpaired) electrons. The van der Waals surface area contributed by atoms with Crippen molar-refractivity contribution >= 4 is 35.1 Å². The summed E-state index contributed by atoms with van der Waals surface area (Å²) in [4.78, 5) is 26.5.